The number of hydrogen-bond acceptors (Lipinski definition) is 2. The fourth-order valence-electron chi connectivity index (χ4n) is 0.182. The molecule has 0 saturated heterocycles. The molecule has 0 unspecified atom stereocenters. The van der Waals surface area contributed by atoms with Crippen LogP contribution in [-0.2, 0) is 0 Å². The summed E-state index contributed by atoms with van der Waals surface area (Å²) in [4.78, 5) is 1.81. The van der Waals surface area contributed by atoms with E-state index in [1.165, 1.54) is 6.08 Å². The lowest BCUT2D eigenvalue weighted by molar-refractivity contribution is 0.564. The van der Waals surface area contributed by atoms with Crippen LogP contribution >= 0.6 is 0 Å². The Kier molecular flexibility index (Phi) is 2.78. The summed E-state index contributed by atoms with van der Waals surface area (Å²) in [6.45, 7) is 0. The number of rotatable bonds is 1. The van der Waals surface area contributed by atoms with Crippen LogP contribution in [0.3, 0.4) is 0 Å². The molecule has 0 spiro atoms. The second-order valence-corrected chi connectivity index (χ2v) is 1.41. The van der Waals surface area contributed by atoms with E-state index in [1.54, 1.807) is 6.20 Å². The van der Waals surface area contributed by atoms with Gasteiger partial charge in [-0.15, -0.1) is 0 Å². The molecule has 0 aromatic heterocycles. The molecule has 0 heterocycles. The van der Waals surface area contributed by atoms with Crippen molar-refractivity contribution in [1.82, 2.24) is 4.90 Å². The number of allylic oxidation sites excluding steroid dienone is 1. The zero-order chi connectivity index (χ0) is 5.70. The zero-order valence-corrected chi connectivity index (χ0v) is 4.55. The molecule has 0 atom stereocenters. The summed E-state index contributed by atoms with van der Waals surface area (Å²) >= 11 is 0. The fourth-order valence-corrected chi connectivity index (χ4v) is 0.182. The molecular weight excluding hydrogens is 88.1 g/mol. The first kappa shape index (κ1) is 6.03. The quantitative estimate of drug-likeness (QED) is 0.446. The number of nitriles is 1. The number of hydrogen-bond donors (Lipinski definition) is 0. The first-order valence-electron chi connectivity index (χ1n) is 2.00. The smallest absolute Gasteiger partial charge is 0.0927 e. The van der Waals surface area contributed by atoms with Crippen molar-refractivity contribution in [3.8, 4) is 6.07 Å². The Labute approximate surface area is 43.7 Å². The molecule has 0 aromatic rings. The van der Waals surface area contributed by atoms with Gasteiger partial charge in [0.05, 0.1) is 6.07 Å². The van der Waals surface area contributed by atoms with Crippen molar-refractivity contribution in [2.24, 2.45) is 0 Å². The van der Waals surface area contributed by atoms with Gasteiger partial charge in [0.1, 0.15) is 0 Å². The van der Waals surface area contributed by atoms with E-state index in [-0.39, 0.29) is 0 Å². The third-order valence-electron chi connectivity index (χ3n) is 0.447. The van der Waals surface area contributed by atoms with Crippen molar-refractivity contribution in [3.63, 3.8) is 0 Å². The van der Waals surface area contributed by atoms with E-state index in [4.69, 9.17) is 5.26 Å². The van der Waals surface area contributed by atoms with Crippen LogP contribution < -0.4 is 0 Å². The van der Waals surface area contributed by atoms with Crippen LogP contribution in [0.5, 0.6) is 0 Å². The summed E-state index contributed by atoms with van der Waals surface area (Å²) in [5.41, 5.74) is 0. The standard InChI is InChI=1S/C5H8N2/c1-7(2)5-3-4-6/h3,5H,1-2H3. The van der Waals surface area contributed by atoms with E-state index in [1.807, 2.05) is 25.1 Å². The van der Waals surface area contributed by atoms with Gasteiger partial charge in [0.25, 0.3) is 0 Å². The molecule has 2 heteroatoms. The predicted octanol–water partition coefficient (Wildman–Crippen LogP) is 0.585. The van der Waals surface area contributed by atoms with Gasteiger partial charge in [0.15, 0.2) is 0 Å². The third-order valence-corrected chi connectivity index (χ3v) is 0.447. The highest BCUT2D eigenvalue weighted by atomic mass is 15.0. The molecule has 0 bridgehead atoms. The zero-order valence-electron chi connectivity index (χ0n) is 4.55. The van der Waals surface area contributed by atoms with Crippen LogP contribution in [0.25, 0.3) is 0 Å². The molecule has 0 N–H and O–H groups in total. The van der Waals surface area contributed by atoms with E-state index in [0.717, 1.165) is 0 Å². The Balaban J connectivity index is 3.31. The molecule has 38 valence electrons. The molecule has 2 nitrogen and oxygen atoms in total. The molecule has 0 aliphatic heterocycles. The van der Waals surface area contributed by atoms with E-state index in [0.29, 0.717) is 0 Å². The lowest BCUT2D eigenvalue weighted by Gasteiger charge is -1.99. The monoisotopic (exact) mass is 96.1 g/mol. The van der Waals surface area contributed by atoms with Crippen molar-refractivity contribution in [3.05, 3.63) is 12.3 Å². The molecule has 0 fully saturated rings. The predicted molar refractivity (Wildman–Crippen MR) is 28.4 cm³/mol. The topological polar surface area (TPSA) is 27.0 Å². The summed E-state index contributed by atoms with van der Waals surface area (Å²) < 4.78 is 0. The van der Waals surface area contributed by atoms with Gasteiger partial charge in [0.2, 0.25) is 0 Å². The lowest BCUT2D eigenvalue weighted by atomic mass is 10.6. The average molecular weight is 96.1 g/mol. The highest BCUT2D eigenvalue weighted by Crippen LogP contribution is 1.72. The minimum absolute atomic E-state index is 1.43. The Morgan fingerprint density at radius 2 is 2.14 bits per heavy atom. The maximum Gasteiger partial charge on any atom is 0.0927 e. The highest BCUT2D eigenvalue weighted by molar-refractivity contribution is 4.99. The second kappa shape index (κ2) is 3.23. The Morgan fingerprint density at radius 1 is 1.57 bits per heavy atom. The van der Waals surface area contributed by atoms with E-state index in [2.05, 4.69) is 0 Å². The van der Waals surface area contributed by atoms with E-state index in [9.17, 15) is 0 Å². The molecule has 7 heavy (non-hydrogen) atoms. The summed E-state index contributed by atoms with van der Waals surface area (Å²) in [5.74, 6) is 0. The normalized spacial score (nSPS) is 8.71. The molecule has 0 aliphatic carbocycles. The average Bonchev–Trinajstić information content (AvgIpc) is 1.61. The molecule has 0 saturated carbocycles. The van der Waals surface area contributed by atoms with Gasteiger partial charge >= 0.3 is 0 Å². The Bertz CT molecular complexity index is 97.1. The van der Waals surface area contributed by atoms with Crippen molar-refractivity contribution < 1.29 is 0 Å². The second-order valence-electron chi connectivity index (χ2n) is 1.41. The van der Waals surface area contributed by atoms with E-state index >= 15 is 0 Å². The van der Waals surface area contributed by atoms with Crippen LogP contribution in [-0.4, -0.2) is 19.0 Å². The first-order chi connectivity index (χ1) is 3.27. The SMILES string of the molecule is CN(C)C=CC#N. The molecule has 0 radical (unpaired) electrons. The highest BCUT2D eigenvalue weighted by Gasteiger charge is 1.69. The molecule has 0 amide bonds. The van der Waals surface area contributed by atoms with Crippen molar-refractivity contribution in [2.75, 3.05) is 14.1 Å². The lowest BCUT2D eigenvalue weighted by Crippen LogP contribution is -1.99. The van der Waals surface area contributed by atoms with Gasteiger partial charge in [0, 0.05) is 26.4 Å². The van der Waals surface area contributed by atoms with Crippen LogP contribution in [0, 0.1) is 11.3 Å². The van der Waals surface area contributed by atoms with Crippen LogP contribution in [0.1, 0.15) is 0 Å². The van der Waals surface area contributed by atoms with Crippen LogP contribution in [0.4, 0.5) is 0 Å². The summed E-state index contributed by atoms with van der Waals surface area (Å²) in [5, 5.41) is 7.95. The van der Waals surface area contributed by atoms with E-state index < -0.39 is 0 Å². The molecule has 0 aromatic carbocycles. The van der Waals surface area contributed by atoms with Gasteiger partial charge in [-0.25, -0.2) is 0 Å². The maximum absolute atomic E-state index is 7.95. The third kappa shape index (κ3) is 5.03. The molecule has 0 aliphatic rings. The minimum Gasteiger partial charge on any atom is -0.383 e. The summed E-state index contributed by atoms with van der Waals surface area (Å²) in [7, 11) is 3.74. The van der Waals surface area contributed by atoms with Crippen molar-refractivity contribution in [2.45, 2.75) is 0 Å². The van der Waals surface area contributed by atoms with Gasteiger partial charge < -0.3 is 4.90 Å². The van der Waals surface area contributed by atoms with Gasteiger partial charge in [-0.2, -0.15) is 5.26 Å². The van der Waals surface area contributed by atoms with Crippen molar-refractivity contribution >= 4 is 0 Å². The molecule has 0 rings (SSSR count). The summed E-state index contributed by atoms with van der Waals surface area (Å²) in [6.07, 6.45) is 3.12. The Hall–Kier alpha value is -0.970. The van der Waals surface area contributed by atoms with Gasteiger partial charge in [-0.05, 0) is 0 Å². The number of nitrogens with zero attached hydrogens (tertiary/aromatic N) is 2. The fraction of sp³-hybridized carbons (Fsp3) is 0.400. The van der Waals surface area contributed by atoms with Crippen LogP contribution in [0.2, 0.25) is 0 Å². The van der Waals surface area contributed by atoms with Gasteiger partial charge in [-0.3, -0.25) is 0 Å². The summed E-state index contributed by atoms with van der Waals surface area (Å²) in [6, 6.07) is 1.88. The van der Waals surface area contributed by atoms with Crippen LogP contribution in [0.15, 0.2) is 12.3 Å². The Morgan fingerprint density at radius 3 is 2.29 bits per heavy atom. The molecular formula is C5H8N2. The minimum atomic E-state index is 1.43. The maximum atomic E-state index is 7.95. The first-order valence-corrected chi connectivity index (χ1v) is 2.00. The van der Waals surface area contributed by atoms with Crippen molar-refractivity contribution in [1.29, 1.82) is 5.26 Å². The van der Waals surface area contributed by atoms with Gasteiger partial charge in [-0.1, -0.05) is 0 Å². The largest absolute Gasteiger partial charge is 0.383 e.